The minimum absolute atomic E-state index is 0.111. The molecule has 2 amide bonds. The Hall–Kier alpha value is -2.31. The number of esters is 1. The Bertz CT molecular complexity index is 641. The summed E-state index contributed by atoms with van der Waals surface area (Å²) in [7, 11) is 0. The second-order valence-electron chi connectivity index (χ2n) is 7.72. The number of carbonyl (C=O) groups is 3. The van der Waals surface area contributed by atoms with Crippen LogP contribution in [0, 0.1) is 17.8 Å². The lowest BCUT2D eigenvalue weighted by Gasteiger charge is -2.34. The molecule has 2 N–H and O–H groups in total. The molecule has 1 aliphatic rings. The highest BCUT2D eigenvalue weighted by Gasteiger charge is 2.30. The number of hydrogen-bond donors (Lipinski definition) is 2. The van der Waals surface area contributed by atoms with Gasteiger partial charge in [0, 0.05) is 6.04 Å². The number of hydrogen-bond acceptors (Lipinski definition) is 5. The van der Waals surface area contributed by atoms with Crippen molar-refractivity contribution in [1.82, 2.24) is 10.6 Å². The van der Waals surface area contributed by atoms with Crippen LogP contribution in [-0.2, 0) is 14.3 Å². The van der Waals surface area contributed by atoms with Crippen LogP contribution < -0.4 is 10.6 Å². The number of amides is 2. The lowest BCUT2D eigenvalue weighted by molar-refractivity contribution is -0.151. The fourth-order valence-electron chi connectivity index (χ4n) is 3.38. The molecular formula is C20H30N2O5. The predicted octanol–water partition coefficient (Wildman–Crippen LogP) is 2.52. The van der Waals surface area contributed by atoms with E-state index in [9.17, 15) is 14.4 Å². The van der Waals surface area contributed by atoms with Crippen molar-refractivity contribution in [2.45, 2.75) is 59.0 Å². The minimum atomic E-state index is -0.857. The Labute approximate surface area is 160 Å². The number of furan rings is 1. The molecule has 0 radical (unpaired) electrons. The van der Waals surface area contributed by atoms with Crippen molar-refractivity contribution in [3.05, 3.63) is 24.2 Å². The molecule has 1 aliphatic carbocycles. The Morgan fingerprint density at radius 3 is 2.63 bits per heavy atom. The molecule has 1 aromatic heterocycles. The highest BCUT2D eigenvalue weighted by molar-refractivity contribution is 5.94. The monoisotopic (exact) mass is 378 g/mol. The van der Waals surface area contributed by atoms with Gasteiger partial charge in [0.05, 0.1) is 6.26 Å². The molecule has 0 bridgehead atoms. The molecule has 7 nitrogen and oxygen atoms in total. The first-order chi connectivity index (χ1) is 12.8. The molecule has 27 heavy (non-hydrogen) atoms. The molecule has 0 saturated heterocycles. The number of ether oxygens (including phenoxy) is 1. The van der Waals surface area contributed by atoms with Gasteiger partial charge in [-0.1, -0.05) is 40.5 Å². The Morgan fingerprint density at radius 2 is 2.00 bits per heavy atom. The molecule has 2 rings (SSSR count). The van der Waals surface area contributed by atoms with E-state index in [1.807, 2.05) is 0 Å². The van der Waals surface area contributed by atoms with E-state index in [4.69, 9.17) is 9.15 Å². The van der Waals surface area contributed by atoms with Crippen LogP contribution in [0.25, 0.3) is 0 Å². The summed E-state index contributed by atoms with van der Waals surface area (Å²) < 4.78 is 10.2. The molecule has 0 spiro atoms. The van der Waals surface area contributed by atoms with Crippen LogP contribution >= 0.6 is 0 Å². The molecule has 0 unspecified atom stereocenters. The minimum Gasteiger partial charge on any atom is -0.459 e. The molecule has 150 valence electrons. The van der Waals surface area contributed by atoms with Gasteiger partial charge in [-0.2, -0.15) is 0 Å². The van der Waals surface area contributed by atoms with Gasteiger partial charge in [-0.3, -0.25) is 9.59 Å². The van der Waals surface area contributed by atoms with Gasteiger partial charge in [-0.25, -0.2) is 4.79 Å². The van der Waals surface area contributed by atoms with Crippen LogP contribution in [0.2, 0.25) is 0 Å². The molecule has 4 atom stereocenters. The summed E-state index contributed by atoms with van der Waals surface area (Å²) >= 11 is 0. The van der Waals surface area contributed by atoms with E-state index < -0.39 is 17.9 Å². The van der Waals surface area contributed by atoms with Crippen molar-refractivity contribution in [1.29, 1.82) is 0 Å². The van der Waals surface area contributed by atoms with E-state index in [-0.39, 0.29) is 30.2 Å². The highest BCUT2D eigenvalue weighted by atomic mass is 16.5. The van der Waals surface area contributed by atoms with Gasteiger partial charge >= 0.3 is 5.97 Å². The summed E-state index contributed by atoms with van der Waals surface area (Å²) in [5, 5.41) is 5.56. The fourth-order valence-corrected chi connectivity index (χ4v) is 3.38. The SMILES string of the molecule is CC(C)[C@H](NC(=O)c1ccco1)C(=O)OCC(=O)N[C@@H]1CCC[C@H](C)[C@@H]1C. The van der Waals surface area contributed by atoms with Gasteiger partial charge in [0.15, 0.2) is 12.4 Å². The summed E-state index contributed by atoms with van der Waals surface area (Å²) in [6, 6.07) is 2.36. The van der Waals surface area contributed by atoms with Gasteiger partial charge in [0.1, 0.15) is 6.04 Å². The van der Waals surface area contributed by atoms with E-state index in [0.717, 1.165) is 12.8 Å². The summed E-state index contributed by atoms with van der Waals surface area (Å²) in [6.45, 7) is 7.56. The number of carbonyl (C=O) groups excluding carboxylic acids is 3. The molecule has 7 heteroatoms. The fraction of sp³-hybridized carbons (Fsp3) is 0.650. The van der Waals surface area contributed by atoms with Gasteiger partial charge in [-0.15, -0.1) is 0 Å². The zero-order chi connectivity index (χ0) is 20.0. The van der Waals surface area contributed by atoms with E-state index >= 15 is 0 Å². The Morgan fingerprint density at radius 1 is 1.26 bits per heavy atom. The Kier molecular flexibility index (Phi) is 7.45. The first kappa shape index (κ1) is 21.0. The van der Waals surface area contributed by atoms with E-state index in [1.54, 1.807) is 19.9 Å². The van der Waals surface area contributed by atoms with Crippen LogP contribution in [0.3, 0.4) is 0 Å². The normalized spacial score (nSPS) is 23.5. The van der Waals surface area contributed by atoms with Gasteiger partial charge < -0.3 is 19.8 Å². The third-order valence-corrected chi connectivity index (χ3v) is 5.35. The van der Waals surface area contributed by atoms with E-state index in [2.05, 4.69) is 24.5 Å². The lowest BCUT2D eigenvalue weighted by atomic mass is 9.78. The zero-order valence-corrected chi connectivity index (χ0v) is 16.5. The lowest BCUT2D eigenvalue weighted by Crippen LogP contribution is -2.48. The molecular weight excluding hydrogens is 348 g/mol. The molecule has 0 aromatic carbocycles. The third-order valence-electron chi connectivity index (χ3n) is 5.35. The summed E-state index contributed by atoms with van der Waals surface area (Å²) in [6.07, 6.45) is 4.59. The maximum atomic E-state index is 12.4. The third kappa shape index (κ3) is 5.84. The number of nitrogens with one attached hydrogen (secondary N) is 2. The average Bonchev–Trinajstić information content (AvgIpc) is 3.16. The Balaban J connectivity index is 1.84. The van der Waals surface area contributed by atoms with Crippen molar-refractivity contribution in [2.24, 2.45) is 17.8 Å². The van der Waals surface area contributed by atoms with Gasteiger partial charge in [-0.05, 0) is 36.3 Å². The molecule has 1 heterocycles. The van der Waals surface area contributed by atoms with E-state index in [1.165, 1.54) is 18.8 Å². The van der Waals surface area contributed by atoms with Gasteiger partial charge in [0.2, 0.25) is 0 Å². The van der Waals surface area contributed by atoms with Crippen molar-refractivity contribution < 1.29 is 23.5 Å². The van der Waals surface area contributed by atoms with Crippen molar-refractivity contribution >= 4 is 17.8 Å². The summed E-state index contributed by atoms with van der Waals surface area (Å²) in [4.78, 5) is 36.6. The first-order valence-corrected chi connectivity index (χ1v) is 9.60. The van der Waals surface area contributed by atoms with Crippen LogP contribution in [-0.4, -0.2) is 36.5 Å². The van der Waals surface area contributed by atoms with E-state index in [0.29, 0.717) is 11.8 Å². The largest absolute Gasteiger partial charge is 0.459 e. The van der Waals surface area contributed by atoms with Crippen LogP contribution in [0.1, 0.15) is 57.5 Å². The molecule has 1 saturated carbocycles. The summed E-state index contributed by atoms with van der Waals surface area (Å²) in [5.41, 5.74) is 0. The zero-order valence-electron chi connectivity index (χ0n) is 16.5. The average molecular weight is 378 g/mol. The maximum Gasteiger partial charge on any atom is 0.329 e. The predicted molar refractivity (Wildman–Crippen MR) is 99.9 cm³/mol. The molecule has 0 aliphatic heterocycles. The summed E-state index contributed by atoms with van der Waals surface area (Å²) in [5.74, 6) is -0.558. The van der Waals surface area contributed by atoms with Crippen molar-refractivity contribution in [2.75, 3.05) is 6.61 Å². The second kappa shape index (κ2) is 9.58. The smallest absolute Gasteiger partial charge is 0.329 e. The van der Waals surface area contributed by atoms with Crippen LogP contribution in [0.5, 0.6) is 0 Å². The highest BCUT2D eigenvalue weighted by Crippen LogP contribution is 2.29. The second-order valence-corrected chi connectivity index (χ2v) is 7.72. The molecule has 1 fully saturated rings. The maximum absolute atomic E-state index is 12.4. The first-order valence-electron chi connectivity index (χ1n) is 9.60. The van der Waals surface area contributed by atoms with Crippen molar-refractivity contribution in [3.8, 4) is 0 Å². The quantitative estimate of drug-likeness (QED) is 0.711. The van der Waals surface area contributed by atoms with Crippen molar-refractivity contribution in [3.63, 3.8) is 0 Å². The van der Waals surface area contributed by atoms with Gasteiger partial charge in [0.25, 0.3) is 11.8 Å². The standard InChI is InChI=1S/C20H30N2O5/c1-12(2)18(22-19(24)16-9-6-10-26-16)20(25)27-11-17(23)21-15-8-5-7-13(3)14(15)4/h6,9-10,12-15,18H,5,7-8,11H2,1-4H3,(H,21,23)(H,22,24)/t13-,14-,15+,18-/m0/s1. The topological polar surface area (TPSA) is 97.6 Å². The number of rotatable bonds is 7. The molecule has 1 aromatic rings. The van der Waals surface area contributed by atoms with Crippen LogP contribution in [0.4, 0.5) is 0 Å². The van der Waals surface area contributed by atoms with Crippen LogP contribution in [0.15, 0.2) is 22.8 Å².